The van der Waals surface area contributed by atoms with Crippen LogP contribution in [0.1, 0.15) is 47.9 Å². The Morgan fingerprint density at radius 3 is 2.42 bits per heavy atom. The maximum absolute atomic E-state index is 13.1. The van der Waals surface area contributed by atoms with Gasteiger partial charge in [-0.15, -0.1) is 0 Å². The second-order valence-corrected chi connectivity index (χ2v) is 5.21. The van der Waals surface area contributed by atoms with Gasteiger partial charge in [0.05, 0.1) is 12.2 Å². The van der Waals surface area contributed by atoms with Crippen LogP contribution < -0.4 is 5.73 Å². The van der Waals surface area contributed by atoms with Gasteiger partial charge in [-0.2, -0.15) is 0 Å². The predicted molar refractivity (Wildman–Crippen MR) is 73.3 cm³/mol. The Morgan fingerprint density at radius 1 is 1.11 bits per heavy atom. The molecule has 1 unspecified atom stereocenters. The van der Waals surface area contributed by atoms with Gasteiger partial charge >= 0.3 is 0 Å². The van der Waals surface area contributed by atoms with Crippen molar-refractivity contribution in [2.75, 3.05) is 0 Å². The summed E-state index contributed by atoms with van der Waals surface area (Å²) in [4.78, 5) is 3.84. The molecule has 98 valence electrons. The highest BCUT2D eigenvalue weighted by Gasteiger charge is 2.19. The molecule has 1 heterocycles. The minimum atomic E-state index is -0.348. The van der Waals surface area contributed by atoms with E-state index in [9.17, 15) is 4.39 Å². The molecule has 0 amide bonds. The second kappa shape index (κ2) is 5.10. The van der Waals surface area contributed by atoms with Crippen molar-refractivity contribution < 1.29 is 4.39 Å². The summed E-state index contributed by atoms with van der Waals surface area (Å²) in [6, 6.07) is 9.50. The Bertz CT molecular complexity index is 561. The fourth-order valence-electron chi connectivity index (χ4n) is 2.51. The summed E-state index contributed by atoms with van der Waals surface area (Å²) in [5, 5.41) is 0. The van der Waals surface area contributed by atoms with Gasteiger partial charge in [-0.3, -0.25) is 4.98 Å². The van der Waals surface area contributed by atoms with Gasteiger partial charge in [0.1, 0.15) is 5.82 Å². The van der Waals surface area contributed by atoms with Crippen LogP contribution >= 0.6 is 0 Å². The first-order valence-electron chi connectivity index (χ1n) is 6.70. The third-order valence-corrected chi connectivity index (χ3v) is 3.96. The Labute approximate surface area is 112 Å². The monoisotopic (exact) mass is 256 g/mol. The Morgan fingerprint density at radius 2 is 1.84 bits per heavy atom. The largest absolute Gasteiger partial charge is 0.320 e. The summed E-state index contributed by atoms with van der Waals surface area (Å²) in [7, 11) is 0. The van der Waals surface area contributed by atoms with E-state index in [1.165, 1.54) is 37.1 Å². The molecule has 2 N–H and O–H groups in total. The smallest absolute Gasteiger partial charge is 0.141 e. The Kier molecular flexibility index (Phi) is 3.30. The molecule has 19 heavy (non-hydrogen) atoms. The number of hydrogen-bond donors (Lipinski definition) is 1. The van der Waals surface area contributed by atoms with Crippen LogP contribution in [-0.2, 0) is 0 Å². The normalized spacial score (nSPS) is 16.9. The molecular weight excluding hydrogens is 239 g/mol. The van der Waals surface area contributed by atoms with Gasteiger partial charge in [0.15, 0.2) is 0 Å². The van der Waals surface area contributed by atoms with E-state index in [2.05, 4.69) is 17.1 Å². The number of rotatable bonds is 3. The number of aromatic nitrogens is 1. The van der Waals surface area contributed by atoms with Gasteiger partial charge in [-0.05, 0) is 41.5 Å². The molecular formula is C16H17FN2. The minimum absolute atomic E-state index is 0.321. The third kappa shape index (κ3) is 2.51. The summed E-state index contributed by atoms with van der Waals surface area (Å²) in [5.41, 5.74) is 9.24. The standard InChI is InChI=1S/C16H17FN2/c17-15-8-14(9-19-10-15)16(18)13-6-4-12(5-7-13)11-2-1-3-11/h4-11,16H,1-3,18H2. The minimum Gasteiger partial charge on any atom is -0.320 e. The van der Waals surface area contributed by atoms with Gasteiger partial charge in [0, 0.05) is 6.20 Å². The van der Waals surface area contributed by atoms with Crippen molar-refractivity contribution in [2.45, 2.75) is 31.2 Å². The van der Waals surface area contributed by atoms with Crippen LogP contribution in [0.3, 0.4) is 0 Å². The molecule has 2 aromatic rings. The molecule has 1 aromatic carbocycles. The van der Waals surface area contributed by atoms with Crippen molar-refractivity contribution in [2.24, 2.45) is 5.73 Å². The summed E-state index contributed by atoms with van der Waals surface area (Å²) in [5.74, 6) is 0.375. The zero-order valence-corrected chi connectivity index (χ0v) is 10.7. The maximum atomic E-state index is 13.1. The zero-order chi connectivity index (χ0) is 13.2. The molecule has 0 spiro atoms. The van der Waals surface area contributed by atoms with Gasteiger partial charge in [0.2, 0.25) is 0 Å². The number of halogens is 1. The maximum Gasteiger partial charge on any atom is 0.141 e. The van der Waals surface area contributed by atoms with Crippen molar-refractivity contribution in [1.82, 2.24) is 4.98 Å². The molecule has 1 aromatic heterocycles. The second-order valence-electron chi connectivity index (χ2n) is 5.21. The van der Waals surface area contributed by atoms with E-state index in [-0.39, 0.29) is 11.9 Å². The summed E-state index contributed by atoms with van der Waals surface area (Å²) >= 11 is 0. The molecule has 3 rings (SSSR count). The average molecular weight is 256 g/mol. The van der Waals surface area contributed by atoms with E-state index in [0.29, 0.717) is 5.56 Å². The summed E-state index contributed by atoms with van der Waals surface area (Å²) in [6.07, 6.45) is 6.73. The number of pyridine rings is 1. The summed E-state index contributed by atoms with van der Waals surface area (Å²) < 4.78 is 13.1. The van der Waals surface area contributed by atoms with Gasteiger partial charge < -0.3 is 5.73 Å². The molecule has 0 saturated heterocycles. The number of nitrogens with zero attached hydrogens (tertiary/aromatic N) is 1. The van der Waals surface area contributed by atoms with Crippen LogP contribution in [0, 0.1) is 5.82 Å². The van der Waals surface area contributed by atoms with E-state index < -0.39 is 0 Å². The molecule has 1 atom stereocenters. The Hall–Kier alpha value is -1.74. The van der Waals surface area contributed by atoms with Gasteiger partial charge in [-0.1, -0.05) is 30.7 Å². The fourth-order valence-corrected chi connectivity index (χ4v) is 2.51. The molecule has 0 aliphatic heterocycles. The molecule has 3 heteroatoms. The van der Waals surface area contributed by atoms with Crippen molar-refractivity contribution >= 4 is 0 Å². The first-order chi connectivity index (χ1) is 9.24. The average Bonchev–Trinajstić information content (AvgIpc) is 2.37. The van der Waals surface area contributed by atoms with Crippen molar-refractivity contribution in [3.05, 3.63) is 65.2 Å². The molecule has 1 fully saturated rings. The van der Waals surface area contributed by atoms with E-state index >= 15 is 0 Å². The Balaban J connectivity index is 1.81. The van der Waals surface area contributed by atoms with Crippen molar-refractivity contribution in [1.29, 1.82) is 0 Å². The first kappa shape index (κ1) is 12.3. The van der Waals surface area contributed by atoms with Gasteiger partial charge in [-0.25, -0.2) is 4.39 Å². The molecule has 1 aliphatic rings. The molecule has 0 bridgehead atoms. The molecule has 1 saturated carbocycles. The fraction of sp³-hybridized carbons (Fsp3) is 0.312. The van der Waals surface area contributed by atoms with E-state index in [1.54, 1.807) is 6.20 Å². The van der Waals surface area contributed by atoms with Crippen LogP contribution in [0.15, 0.2) is 42.7 Å². The van der Waals surface area contributed by atoms with E-state index in [4.69, 9.17) is 5.73 Å². The van der Waals surface area contributed by atoms with Crippen LogP contribution in [0.5, 0.6) is 0 Å². The molecule has 0 radical (unpaired) electrons. The first-order valence-corrected chi connectivity index (χ1v) is 6.70. The van der Waals surface area contributed by atoms with Gasteiger partial charge in [0.25, 0.3) is 0 Å². The van der Waals surface area contributed by atoms with Crippen LogP contribution in [-0.4, -0.2) is 4.98 Å². The highest BCUT2D eigenvalue weighted by Crippen LogP contribution is 2.36. The van der Waals surface area contributed by atoms with Crippen LogP contribution in [0.4, 0.5) is 4.39 Å². The van der Waals surface area contributed by atoms with Crippen LogP contribution in [0.25, 0.3) is 0 Å². The quantitative estimate of drug-likeness (QED) is 0.912. The predicted octanol–water partition coefficient (Wildman–Crippen LogP) is 3.54. The lowest BCUT2D eigenvalue weighted by Gasteiger charge is -2.26. The zero-order valence-electron chi connectivity index (χ0n) is 10.7. The lowest BCUT2D eigenvalue weighted by molar-refractivity contribution is 0.419. The molecule has 1 aliphatic carbocycles. The van der Waals surface area contributed by atoms with E-state index in [0.717, 1.165) is 11.5 Å². The summed E-state index contributed by atoms with van der Waals surface area (Å²) in [6.45, 7) is 0. The topological polar surface area (TPSA) is 38.9 Å². The lowest BCUT2D eigenvalue weighted by atomic mass is 9.80. The lowest BCUT2D eigenvalue weighted by Crippen LogP contribution is -2.13. The highest BCUT2D eigenvalue weighted by molar-refractivity contribution is 5.33. The highest BCUT2D eigenvalue weighted by atomic mass is 19.1. The number of hydrogen-bond acceptors (Lipinski definition) is 2. The van der Waals surface area contributed by atoms with E-state index in [1.807, 2.05) is 12.1 Å². The SMILES string of the molecule is NC(c1ccc(C2CCC2)cc1)c1cncc(F)c1. The van der Waals surface area contributed by atoms with Crippen molar-refractivity contribution in [3.8, 4) is 0 Å². The molecule has 2 nitrogen and oxygen atoms in total. The number of benzene rings is 1. The number of nitrogens with two attached hydrogens (primary N) is 1. The third-order valence-electron chi connectivity index (χ3n) is 3.96. The van der Waals surface area contributed by atoms with Crippen LogP contribution in [0.2, 0.25) is 0 Å². The van der Waals surface area contributed by atoms with Crippen molar-refractivity contribution in [3.63, 3.8) is 0 Å².